The molecule has 1 saturated heterocycles. The lowest BCUT2D eigenvalue weighted by Gasteiger charge is -2.29. The summed E-state index contributed by atoms with van der Waals surface area (Å²) in [6.45, 7) is 2.62. The number of carbonyl (C=O) groups excluding carboxylic acids is 1. The Bertz CT molecular complexity index is 1020. The zero-order valence-corrected chi connectivity index (χ0v) is 14.6. The van der Waals surface area contributed by atoms with Gasteiger partial charge in [0.2, 0.25) is 0 Å². The molecule has 2 atom stereocenters. The smallest absolute Gasteiger partial charge is 0.256 e. The Hall–Kier alpha value is -2.95. The van der Waals surface area contributed by atoms with Crippen molar-refractivity contribution in [2.75, 3.05) is 11.9 Å². The molecule has 0 spiro atoms. The van der Waals surface area contributed by atoms with E-state index in [1.165, 1.54) is 0 Å². The van der Waals surface area contributed by atoms with Crippen LogP contribution in [0.1, 0.15) is 40.4 Å². The zero-order chi connectivity index (χ0) is 17.8. The molecule has 1 aromatic heterocycles. The van der Waals surface area contributed by atoms with Crippen LogP contribution in [0.4, 0.5) is 5.69 Å². The topological polar surface area (TPSA) is 68.4 Å². The van der Waals surface area contributed by atoms with Gasteiger partial charge in [-0.15, -0.1) is 0 Å². The molecule has 2 aromatic carbocycles. The van der Waals surface area contributed by atoms with Crippen LogP contribution in [0.15, 0.2) is 42.6 Å². The number of benzene rings is 2. The number of para-hydroxylation sites is 1. The minimum absolute atomic E-state index is 0.00708. The predicted molar refractivity (Wildman–Crippen MR) is 102 cm³/mol. The van der Waals surface area contributed by atoms with E-state index < -0.39 is 0 Å². The zero-order valence-electron chi connectivity index (χ0n) is 14.6. The number of rotatable bonds is 1. The van der Waals surface area contributed by atoms with Crippen molar-refractivity contribution in [3.05, 3.63) is 59.3 Å². The summed E-state index contributed by atoms with van der Waals surface area (Å²) in [6, 6.07) is 11.9. The molecule has 0 saturated carbocycles. The van der Waals surface area contributed by atoms with Gasteiger partial charge >= 0.3 is 0 Å². The van der Waals surface area contributed by atoms with E-state index in [1.54, 1.807) is 0 Å². The lowest BCUT2D eigenvalue weighted by atomic mass is 9.96. The van der Waals surface area contributed by atoms with Gasteiger partial charge in [-0.05, 0) is 37.5 Å². The highest BCUT2D eigenvalue weighted by Gasteiger charge is 2.41. The molecule has 0 unspecified atom stereocenters. The molecule has 0 radical (unpaired) electrons. The maximum Gasteiger partial charge on any atom is 0.256 e. The lowest BCUT2D eigenvalue weighted by molar-refractivity contribution is 0.0731. The van der Waals surface area contributed by atoms with Crippen molar-refractivity contribution in [3.8, 4) is 5.75 Å². The number of amides is 1. The van der Waals surface area contributed by atoms with Crippen molar-refractivity contribution in [2.24, 2.45) is 0 Å². The quantitative estimate of drug-likeness (QED) is 0.584. The largest absolute Gasteiger partial charge is 0.505 e. The Kier molecular flexibility index (Phi) is 3.26. The summed E-state index contributed by atoms with van der Waals surface area (Å²) < 4.78 is 0. The van der Waals surface area contributed by atoms with Crippen LogP contribution in [0, 0.1) is 6.92 Å². The van der Waals surface area contributed by atoms with Gasteiger partial charge in [-0.3, -0.25) is 4.79 Å². The average molecular weight is 347 g/mol. The van der Waals surface area contributed by atoms with Crippen molar-refractivity contribution < 1.29 is 9.90 Å². The van der Waals surface area contributed by atoms with Gasteiger partial charge < -0.3 is 20.3 Å². The SMILES string of the molecule is Cc1ccc2c(c1O)N[C@@H](c1c[nH]c3ccccc13)[C@@H]1CCCN1C2=O. The van der Waals surface area contributed by atoms with Crippen LogP contribution in [0.25, 0.3) is 10.9 Å². The van der Waals surface area contributed by atoms with E-state index in [0.717, 1.165) is 41.4 Å². The number of fused-ring (bicyclic) bond motifs is 3. The third-order valence-corrected chi connectivity index (χ3v) is 5.81. The van der Waals surface area contributed by atoms with Crippen molar-refractivity contribution >= 4 is 22.5 Å². The first-order chi connectivity index (χ1) is 12.6. The number of hydrogen-bond acceptors (Lipinski definition) is 3. The Morgan fingerprint density at radius 1 is 1.19 bits per heavy atom. The summed E-state index contributed by atoms with van der Waals surface area (Å²) in [4.78, 5) is 18.4. The number of aromatic hydroxyl groups is 1. The highest BCUT2D eigenvalue weighted by Crippen LogP contribution is 2.43. The van der Waals surface area contributed by atoms with E-state index in [-0.39, 0.29) is 23.7 Å². The van der Waals surface area contributed by atoms with Gasteiger partial charge in [0.05, 0.1) is 23.3 Å². The van der Waals surface area contributed by atoms with Crippen LogP contribution in [-0.4, -0.2) is 33.5 Å². The van der Waals surface area contributed by atoms with Gasteiger partial charge in [0, 0.05) is 29.2 Å². The second-order valence-corrected chi connectivity index (χ2v) is 7.27. The Labute approximate surface area is 151 Å². The van der Waals surface area contributed by atoms with Crippen LogP contribution in [0.3, 0.4) is 0 Å². The molecule has 0 aliphatic carbocycles. The van der Waals surface area contributed by atoms with Crippen LogP contribution in [-0.2, 0) is 0 Å². The third-order valence-electron chi connectivity index (χ3n) is 5.81. The van der Waals surface area contributed by atoms with Gasteiger partial charge in [0.25, 0.3) is 5.91 Å². The maximum absolute atomic E-state index is 13.1. The second-order valence-electron chi connectivity index (χ2n) is 7.27. The molecule has 0 bridgehead atoms. The molecular weight excluding hydrogens is 326 g/mol. The number of nitrogens with zero attached hydrogens (tertiary/aromatic N) is 1. The number of carbonyl (C=O) groups is 1. The minimum atomic E-state index is -0.0634. The number of hydrogen-bond donors (Lipinski definition) is 3. The van der Waals surface area contributed by atoms with Crippen LogP contribution < -0.4 is 5.32 Å². The van der Waals surface area contributed by atoms with Crippen LogP contribution in [0.5, 0.6) is 5.75 Å². The fourth-order valence-electron chi connectivity index (χ4n) is 4.45. The van der Waals surface area contributed by atoms with Gasteiger partial charge in [0.15, 0.2) is 0 Å². The number of phenols is 1. The van der Waals surface area contributed by atoms with E-state index in [0.29, 0.717) is 11.3 Å². The summed E-state index contributed by atoms with van der Waals surface area (Å²) in [6.07, 6.45) is 3.99. The number of H-pyrrole nitrogens is 1. The van der Waals surface area contributed by atoms with Gasteiger partial charge in [-0.1, -0.05) is 24.3 Å². The van der Waals surface area contributed by atoms with E-state index >= 15 is 0 Å². The summed E-state index contributed by atoms with van der Waals surface area (Å²) in [5.74, 6) is 0.175. The highest BCUT2D eigenvalue weighted by molar-refractivity contribution is 6.02. The van der Waals surface area contributed by atoms with E-state index in [1.807, 2.05) is 42.3 Å². The molecule has 132 valence electrons. The molecule has 2 aliphatic rings. The number of anilines is 1. The van der Waals surface area contributed by atoms with Crippen LogP contribution in [0.2, 0.25) is 0 Å². The summed E-state index contributed by atoms with van der Waals surface area (Å²) in [5, 5.41) is 15.3. The Morgan fingerprint density at radius 2 is 2.04 bits per heavy atom. The molecule has 3 aromatic rings. The van der Waals surface area contributed by atoms with E-state index in [2.05, 4.69) is 22.4 Å². The van der Waals surface area contributed by atoms with Crippen molar-refractivity contribution in [3.63, 3.8) is 0 Å². The average Bonchev–Trinajstić information content (AvgIpc) is 3.27. The first-order valence-corrected chi connectivity index (χ1v) is 9.11. The van der Waals surface area contributed by atoms with E-state index in [9.17, 15) is 9.90 Å². The maximum atomic E-state index is 13.1. The monoisotopic (exact) mass is 347 g/mol. The number of aromatic nitrogens is 1. The second kappa shape index (κ2) is 5.53. The molecule has 1 amide bonds. The number of nitrogens with one attached hydrogen (secondary N) is 2. The van der Waals surface area contributed by atoms with Gasteiger partial charge in [-0.2, -0.15) is 0 Å². The first-order valence-electron chi connectivity index (χ1n) is 9.11. The Balaban J connectivity index is 1.72. The number of aryl methyl sites for hydroxylation is 1. The molecule has 3 heterocycles. The van der Waals surface area contributed by atoms with Gasteiger partial charge in [0.1, 0.15) is 5.75 Å². The van der Waals surface area contributed by atoms with E-state index in [4.69, 9.17) is 0 Å². The number of phenolic OH excluding ortho intramolecular Hbond substituents is 1. The lowest BCUT2D eigenvalue weighted by Crippen LogP contribution is -2.38. The molecule has 2 aliphatic heterocycles. The summed E-state index contributed by atoms with van der Waals surface area (Å²) in [7, 11) is 0. The Morgan fingerprint density at radius 3 is 2.92 bits per heavy atom. The summed E-state index contributed by atoms with van der Waals surface area (Å²) >= 11 is 0. The van der Waals surface area contributed by atoms with Crippen molar-refractivity contribution in [1.82, 2.24) is 9.88 Å². The number of aromatic amines is 1. The standard InChI is InChI=1S/C21H21N3O2/c1-12-8-9-14-19(20(12)25)23-18(17-7-4-10-24(17)21(14)26)15-11-22-16-6-3-2-5-13(15)16/h2-3,5-6,8-9,11,17-18,22-23,25H,4,7,10H2,1H3/t17-,18-/m0/s1. The minimum Gasteiger partial charge on any atom is -0.505 e. The molecule has 5 heteroatoms. The van der Waals surface area contributed by atoms with Crippen LogP contribution >= 0.6 is 0 Å². The van der Waals surface area contributed by atoms with Crippen molar-refractivity contribution in [2.45, 2.75) is 31.8 Å². The molecular formula is C21H21N3O2. The normalized spacial score (nSPS) is 22.0. The first kappa shape index (κ1) is 15.3. The van der Waals surface area contributed by atoms with Gasteiger partial charge in [-0.25, -0.2) is 0 Å². The molecule has 1 fully saturated rings. The fourth-order valence-corrected chi connectivity index (χ4v) is 4.45. The predicted octanol–water partition coefficient (Wildman–Crippen LogP) is 3.95. The molecule has 5 nitrogen and oxygen atoms in total. The van der Waals surface area contributed by atoms with Crippen molar-refractivity contribution in [1.29, 1.82) is 0 Å². The fraction of sp³-hybridized carbons (Fsp3) is 0.286. The summed E-state index contributed by atoms with van der Waals surface area (Å²) in [5.41, 5.74) is 4.10. The molecule has 26 heavy (non-hydrogen) atoms. The molecule has 3 N–H and O–H groups in total. The molecule has 5 rings (SSSR count). The highest BCUT2D eigenvalue weighted by atomic mass is 16.3. The third kappa shape index (κ3) is 2.06.